The van der Waals surface area contributed by atoms with Crippen LogP contribution < -0.4 is 14.5 Å². The van der Waals surface area contributed by atoms with Gasteiger partial charge in [0, 0.05) is 42.3 Å². The van der Waals surface area contributed by atoms with Crippen molar-refractivity contribution in [3.63, 3.8) is 0 Å². The summed E-state index contributed by atoms with van der Waals surface area (Å²) < 4.78 is 32.4. The van der Waals surface area contributed by atoms with Gasteiger partial charge in [-0.1, -0.05) is 12.8 Å². The molecule has 0 unspecified atom stereocenters. The van der Waals surface area contributed by atoms with Crippen LogP contribution >= 0.6 is 0 Å². The normalized spacial score (nSPS) is 20.9. The molecule has 0 bridgehead atoms. The number of nitrogens with one attached hydrogen (secondary N) is 1. The van der Waals surface area contributed by atoms with Crippen LogP contribution in [0.25, 0.3) is 6.08 Å². The Morgan fingerprint density at radius 1 is 1.07 bits per heavy atom. The van der Waals surface area contributed by atoms with E-state index in [4.69, 9.17) is 4.74 Å². The summed E-state index contributed by atoms with van der Waals surface area (Å²) in [6, 6.07) is 8.06. The molecule has 1 aromatic heterocycles. The van der Waals surface area contributed by atoms with Crippen molar-refractivity contribution in [1.82, 2.24) is 9.97 Å². The van der Waals surface area contributed by atoms with Crippen LogP contribution in [0.4, 0.5) is 23.1 Å². The van der Waals surface area contributed by atoms with E-state index < -0.39 is 10.0 Å². The van der Waals surface area contributed by atoms with E-state index in [1.54, 1.807) is 12.3 Å². The van der Waals surface area contributed by atoms with E-state index >= 15 is 0 Å². The molecule has 0 spiro atoms. The lowest BCUT2D eigenvalue weighted by molar-refractivity contribution is 0.122. The van der Waals surface area contributed by atoms with Gasteiger partial charge in [-0.25, -0.2) is 17.7 Å². The molecule has 3 aliphatic rings. The first-order valence-electron chi connectivity index (χ1n) is 10.4. The Bertz CT molecular complexity index is 1040. The number of benzene rings is 1. The Balaban J connectivity index is 1.39. The Kier molecular flexibility index (Phi) is 5.08. The average Bonchev–Trinajstić information content (AvgIpc) is 3.28. The van der Waals surface area contributed by atoms with Crippen LogP contribution in [0.15, 0.2) is 35.9 Å². The molecule has 9 heteroatoms. The summed E-state index contributed by atoms with van der Waals surface area (Å²) in [6.45, 7) is 3.27. The van der Waals surface area contributed by atoms with E-state index in [1.807, 2.05) is 12.1 Å². The summed E-state index contributed by atoms with van der Waals surface area (Å²) in [4.78, 5) is 11.3. The predicted octanol–water partition coefficient (Wildman–Crippen LogP) is 3.12. The number of hydrogen-bond acceptors (Lipinski definition) is 7. The maximum absolute atomic E-state index is 12.7. The molecule has 5 rings (SSSR count). The standard InChI is InChI=1S/C21H25N5O3S/c27-30(28)14-9-16-15-22-21(24-20(16)26(30)19-3-1-2-4-19)23-17-5-7-18(8-6-17)25-10-12-29-13-11-25/h5-9,14-15,19H,1-4,10-13H2,(H,22,23,24). The summed E-state index contributed by atoms with van der Waals surface area (Å²) in [5, 5.41) is 4.47. The molecule has 0 radical (unpaired) electrons. The van der Waals surface area contributed by atoms with Gasteiger partial charge < -0.3 is 15.0 Å². The molecule has 2 aliphatic heterocycles. The molecule has 2 aromatic rings. The zero-order valence-corrected chi connectivity index (χ0v) is 17.5. The molecule has 2 fully saturated rings. The zero-order valence-electron chi connectivity index (χ0n) is 16.7. The Labute approximate surface area is 176 Å². The summed E-state index contributed by atoms with van der Waals surface area (Å²) in [7, 11) is -3.51. The van der Waals surface area contributed by atoms with Gasteiger partial charge in [0.25, 0.3) is 10.0 Å². The highest BCUT2D eigenvalue weighted by Crippen LogP contribution is 2.36. The highest BCUT2D eigenvalue weighted by atomic mass is 32.2. The monoisotopic (exact) mass is 427 g/mol. The number of rotatable bonds is 4. The number of aromatic nitrogens is 2. The van der Waals surface area contributed by atoms with Crippen LogP contribution in [-0.4, -0.2) is 50.7 Å². The number of fused-ring (bicyclic) bond motifs is 1. The van der Waals surface area contributed by atoms with Crippen molar-refractivity contribution in [2.75, 3.05) is 40.8 Å². The van der Waals surface area contributed by atoms with Gasteiger partial charge in [-0.3, -0.25) is 0 Å². The van der Waals surface area contributed by atoms with Gasteiger partial charge in [-0.15, -0.1) is 0 Å². The Hall–Kier alpha value is -2.65. The van der Waals surface area contributed by atoms with E-state index in [1.165, 1.54) is 9.71 Å². The fraction of sp³-hybridized carbons (Fsp3) is 0.429. The third-order valence-corrected chi connectivity index (χ3v) is 7.35. The van der Waals surface area contributed by atoms with Crippen LogP contribution in [0.2, 0.25) is 0 Å². The van der Waals surface area contributed by atoms with Gasteiger partial charge in [0.15, 0.2) is 5.82 Å². The predicted molar refractivity (Wildman–Crippen MR) is 117 cm³/mol. The second kappa shape index (κ2) is 7.88. The fourth-order valence-electron chi connectivity index (χ4n) is 4.31. The lowest BCUT2D eigenvalue weighted by atomic mass is 10.2. The minimum Gasteiger partial charge on any atom is -0.378 e. The fourth-order valence-corrected chi connectivity index (χ4v) is 5.77. The third-order valence-electron chi connectivity index (χ3n) is 5.85. The summed E-state index contributed by atoms with van der Waals surface area (Å²) in [5.74, 6) is 0.855. The van der Waals surface area contributed by atoms with Crippen molar-refractivity contribution in [1.29, 1.82) is 0 Å². The highest BCUT2D eigenvalue weighted by Gasteiger charge is 2.35. The van der Waals surface area contributed by atoms with Gasteiger partial charge in [0.05, 0.1) is 18.6 Å². The zero-order chi connectivity index (χ0) is 20.6. The van der Waals surface area contributed by atoms with Gasteiger partial charge in [-0.2, -0.15) is 4.98 Å². The summed E-state index contributed by atoms with van der Waals surface area (Å²) in [6.07, 6.45) is 7.07. The topological polar surface area (TPSA) is 87.7 Å². The highest BCUT2D eigenvalue weighted by molar-refractivity contribution is 7.95. The first-order chi connectivity index (χ1) is 14.6. The van der Waals surface area contributed by atoms with Crippen LogP contribution in [-0.2, 0) is 14.8 Å². The van der Waals surface area contributed by atoms with Crippen molar-refractivity contribution in [3.05, 3.63) is 41.4 Å². The van der Waals surface area contributed by atoms with Crippen molar-refractivity contribution < 1.29 is 13.2 Å². The number of anilines is 4. The average molecular weight is 428 g/mol. The molecule has 1 aliphatic carbocycles. The third kappa shape index (κ3) is 3.75. The van der Waals surface area contributed by atoms with Crippen LogP contribution in [0.5, 0.6) is 0 Å². The molecule has 8 nitrogen and oxygen atoms in total. The van der Waals surface area contributed by atoms with Crippen LogP contribution in [0.3, 0.4) is 0 Å². The second-order valence-electron chi connectivity index (χ2n) is 7.83. The number of sulfonamides is 1. The summed E-state index contributed by atoms with van der Waals surface area (Å²) >= 11 is 0. The molecule has 0 amide bonds. The van der Waals surface area contributed by atoms with E-state index in [0.29, 0.717) is 11.8 Å². The lowest BCUT2D eigenvalue weighted by Crippen LogP contribution is -2.40. The van der Waals surface area contributed by atoms with E-state index in [2.05, 4.69) is 32.3 Å². The minimum atomic E-state index is -3.51. The van der Waals surface area contributed by atoms with E-state index in [0.717, 1.165) is 68.9 Å². The van der Waals surface area contributed by atoms with Crippen molar-refractivity contribution >= 4 is 39.2 Å². The SMILES string of the molecule is O=S1(=O)C=Cc2cnc(Nc3ccc(N4CCOCC4)cc3)nc2N1C1CCCC1. The molecule has 3 heterocycles. The van der Waals surface area contributed by atoms with E-state index in [-0.39, 0.29) is 6.04 Å². The molecule has 158 valence electrons. The molecule has 30 heavy (non-hydrogen) atoms. The number of morpholine rings is 1. The first-order valence-corrected chi connectivity index (χ1v) is 11.9. The van der Waals surface area contributed by atoms with Crippen LogP contribution in [0, 0.1) is 0 Å². The Morgan fingerprint density at radius 3 is 2.53 bits per heavy atom. The first kappa shape index (κ1) is 19.3. The molecule has 1 saturated carbocycles. The van der Waals surface area contributed by atoms with E-state index in [9.17, 15) is 8.42 Å². The number of ether oxygens (including phenoxy) is 1. The minimum absolute atomic E-state index is 0.0331. The lowest BCUT2D eigenvalue weighted by Gasteiger charge is -2.31. The van der Waals surface area contributed by atoms with Crippen molar-refractivity contribution in [3.8, 4) is 0 Å². The molecule has 1 aromatic carbocycles. The second-order valence-corrected chi connectivity index (χ2v) is 9.52. The van der Waals surface area contributed by atoms with Gasteiger partial charge in [0.2, 0.25) is 5.95 Å². The van der Waals surface area contributed by atoms with Crippen molar-refractivity contribution in [2.24, 2.45) is 0 Å². The van der Waals surface area contributed by atoms with Gasteiger partial charge in [-0.05, 0) is 43.2 Å². The maximum Gasteiger partial charge on any atom is 0.258 e. The molecular formula is C21H25N5O3S. The summed E-state index contributed by atoms with van der Waals surface area (Å²) in [5.41, 5.74) is 2.73. The number of hydrogen-bond donors (Lipinski definition) is 1. The van der Waals surface area contributed by atoms with Crippen molar-refractivity contribution in [2.45, 2.75) is 31.7 Å². The maximum atomic E-state index is 12.7. The molecule has 1 N–H and O–H groups in total. The van der Waals surface area contributed by atoms with Crippen LogP contribution in [0.1, 0.15) is 31.2 Å². The molecule has 0 atom stereocenters. The van der Waals surface area contributed by atoms with Gasteiger partial charge >= 0.3 is 0 Å². The number of nitrogens with zero attached hydrogens (tertiary/aromatic N) is 4. The quantitative estimate of drug-likeness (QED) is 0.802. The smallest absolute Gasteiger partial charge is 0.258 e. The molecule has 1 saturated heterocycles. The molecular weight excluding hydrogens is 402 g/mol. The van der Waals surface area contributed by atoms with Gasteiger partial charge in [0.1, 0.15) is 0 Å². The largest absolute Gasteiger partial charge is 0.378 e. The Morgan fingerprint density at radius 2 is 1.80 bits per heavy atom.